The Labute approximate surface area is 113 Å². The number of rotatable bonds is 2. The first-order chi connectivity index (χ1) is 8.71. The average molecular weight is 296 g/mol. The van der Waals surface area contributed by atoms with Crippen LogP contribution in [0.25, 0.3) is 0 Å². The summed E-state index contributed by atoms with van der Waals surface area (Å²) < 4.78 is 43.3. The summed E-state index contributed by atoms with van der Waals surface area (Å²) in [6.07, 6.45) is -4.01. The Balaban J connectivity index is 2.28. The molecule has 0 amide bonds. The van der Waals surface area contributed by atoms with Crippen LogP contribution in [0, 0.1) is 0 Å². The van der Waals surface area contributed by atoms with Gasteiger partial charge in [-0.3, -0.25) is 0 Å². The van der Waals surface area contributed by atoms with Crippen LogP contribution >= 0.6 is 11.6 Å². The Hall–Kier alpha value is -1.08. The van der Waals surface area contributed by atoms with E-state index in [1.165, 1.54) is 0 Å². The van der Waals surface area contributed by atoms with E-state index in [0.29, 0.717) is 13.0 Å². The highest BCUT2D eigenvalue weighted by molar-refractivity contribution is 6.28. The summed E-state index contributed by atoms with van der Waals surface area (Å²) in [6.45, 7) is 4.27. The van der Waals surface area contributed by atoms with E-state index < -0.39 is 22.7 Å². The molecule has 2 rings (SSSR count). The number of alkyl halides is 3. The molecule has 0 spiro atoms. The summed E-state index contributed by atoms with van der Waals surface area (Å²) in [5.74, 6) is 0.0483. The minimum atomic E-state index is -4.55. The van der Waals surface area contributed by atoms with Gasteiger partial charge in [0.15, 0.2) is 5.69 Å². The van der Waals surface area contributed by atoms with Crippen LogP contribution in [-0.2, 0) is 10.9 Å². The van der Waals surface area contributed by atoms with Crippen LogP contribution in [0.3, 0.4) is 0 Å². The summed E-state index contributed by atoms with van der Waals surface area (Å²) in [6, 6.07) is 0.849. The number of ether oxygens (including phenoxy) is 1. The number of hydrogen-bond acceptors (Lipinski definition) is 4. The smallest absolute Gasteiger partial charge is 0.376 e. The molecule has 1 aliphatic heterocycles. The number of halogens is 4. The molecule has 4 nitrogen and oxygen atoms in total. The first-order valence-corrected chi connectivity index (χ1v) is 6.10. The van der Waals surface area contributed by atoms with E-state index in [0.717, 1.165) is 6.07 Å². The van der Waals surface area contributed by atoms with Crippen LogP contribution in [0.1, 0.15) is 26.0 Å². The first kappa shape index (κ1) is 14.3. The lowest BCUT2D eigenvalue weighted by molar-refractivity contribution is -0.141. The summed E-state index contributed by atoms with van der Waals surface area (Å²) in [5.41, 5.74) is -1.54. The van der Waals surface area contributed by atoms with Crippen LogP contribution < -0.4 is 5.32 Å². The standard InChI is InChI=1S/C11H13ClF3N3O/c1-6-10(2,3-4-19-6)18-8-5-7(11(13,14)15)16-9(12)17-8/h5-6H,3-4H2,1-2H3,(H,16,17,18). The first-order valence-electron chi connectivity index (χ1n) is 5.72. The van der Waals surface area contributed by atoms with Crippen molar-refractivity contribution in [3.63, 3.8) is 0 Å². The second-order valence-electron chi connectivity index (χ2n) is 4.71. The zero-order valence-corrected chi connectivity index (χ0v) is 11.1. The largest absolute Gasteiger partial charge is 0.433 e. The Morgan fingerprint density at radius 2 is 2.16 bits per heavy atom. The summed E-state index contributed by atoms with van der Waals surface area (Å²) in [7, 11) is 0. The van der Waals surface area contributed by atoms with Gasteiger partial charge in [-0.2, -0.15) is 13.2 Å². The maximum absolute atomic E-state index is 12.6. The van der Waals surface area contributed by atoms with Gasteiger partial charge < -0.3 is 10.1 Å². The lowest BCUT2D eigenvalue weighted by atomic mass is 9.95. The van der Waals surface area contributed by atoms with Crippen molar-refractivity contribution in [2.24, 2.45) is 0 Å². The SMILES string of the molecule is CC1OCCC1(C)Nc1cc(C(F)(F)F)nc(Cl)n1. The highest BCUT2D eigenvalue weighted by Gasteiger charge is 2.38. The second kappa shape index (κ2) is 4.79. The molecule has 1 aromatic rings. The molecule has 1 saturated heterocycles. The zero-order valence-electron chi connectivity index (χ0n) is 10.4. The molecule has 0 aliphatic carbocycles. The fourth-order valence-electron chi connectivity index (χ4n) is 1.92. The van der Waals surface area contributed by atoms with Crippen LogP contribution in [0.2, 0.25) is 5.28 Å². The van der Waals surface area contributed by atoms with Gasteiger partial charge in [0, 0.05) is 12.7 Å². The predicted octanol–water partition coefficient (Wildman–Crippen LogP) is 3.13. The Kier molecular flexibility index (Phi) is 3.61. The van der Waals surface area contributed by atoms with Gasteiger partial charge in [0.1, 0.15) is 5.82 Å². The van der Waals surface area contributed by atoms with Crippen molar-refractivity contribution in [3.8, 4) is 0 Å². The van der Waals surface area contributed by atoms with Gasteiger partial charge in [0.25, 0.3) is 0 Å². The molecule has 0 aromatic carbocycles. The third-order valence-electron chi connectivity index (χ3n) is 3.29. The lowest BCUT2D eigenvalue weighted by Crippen LogP contribution is -2.41. The van der Waals surface area contributed by atoms with Crippen molar-refractivity contribution in [2.75, 3.05) is 11.9 Å². The van der Waals surface area contributed by atoms with Gasteiger partial charge in [0.2, 0.25) is 5.28 Å². The molecule has 106 valence electrons. The second-order valence-corrected chi connectivity index (χ2v) is 5.05. The summed E-state index contributed by atoms with van der Waals surface area (Å²) >= 11 is 5.53. The quantitative estimate of drug-likeness (QED) is 0.852. The third kappa shape index (κ3) is 3.09. The molecule has 2 unspecified atom stereocenters. The number of hydrogen-bond donors (Lipinski definition) is 1. The van der Waals surface area contributed by atoms with Gasteiger partial charge >= 0.3 is 6.18 Å². The fourth-order valence-corrected chi connectivity index (χ4v) is 2.10. The van der Waals surface area contributed by atoms with E-state index in [1.54, 1.807) is 0 Å². The van der Waals surface area contributed by atoms with Crippen molar-refractivity contribution in [1.82, 2.24) is 9.97 Å². The Morgan fingerprint density at radius 3 is 2.68 bits per heavy atom. The van der Waals surface area contributed by atoms with Gasteiger partial charge in [-0.05, 0) is 31.9 Å². The summed E-state index contributed by atoms with van der Waals surface area (Å²) in [5, 5.41) is 2.52. The molecule has 2 atom stereocenters. The molecule has 0 radical (unpaired) electrons. The Bertz CT molecular complexity index is 483. The molecule has 2 heterocycles. The molecule has 0 saturated carbocycles. The van der Waals surface area contributed by atoms with Crippen LogP contribution in [0.4, 0.5) is 19.0 Å². The van der Waals surface area contributed by atoms with E-state index in [9.17, 15) is 13.2 Å². The van der Waals surface area contributed by atoms with Crippen molar-refractivity contribution in [2.45, 2.75) is 38.1 Å². The molecule has 19 heavy (non-hydrogen) atoms. The zero-order chi connectivity index (χ0) is 14.3. The normalized spacial score (nSPS) is 27.6. The van der Waals surface area contributed by atoms with E-state index >= 15 is 0 Å². The molecular formula is C11H13ClF3N3O. The number of aromatic nitrogens is 2. The lowest BCUT2D eigenvalue weighted by Gasteiger charge is -2.29. The molecule has 0 bridgehead atoms. The van der Waals surface area contributed by atoms with Gasteiger partial charge in [0.05, 0.1) is 11.6 Å². The molecule has 8 heteroatoms. The van der Waals surface area contributed by atoms with Crippen molar-refractivity contribution in [3.05, 3.63) is 17.0 Å². The molecule has 1 N–H and O–H groups in total. The van der Waals surface area contributed by atoms with Crippen LogP contribution in [-0.4, -0.2) is 28.2 Å². The Morgan fingerprint density at radius 1 is 1.47 bits per heavy atom. The van der Waals surface area contributed by atoms with Gasteiger partial charge in [-0.15, -0.1) is 0 Å². The summed E-state index contributed by atoms with van der Waals surface area (Å²) in [4.78, 5) is 6.96. The van der Waals surface area contributed by atoms with E-state index in [4.69, 9.17) is 16.3 Å². The molecule has 1 fully saturated rings. The number of nitrogens with zero attached hydrogens (tertiary/aromatic N) is 2. The van der Waals surface area contributed by atoms with E-state index in [1.807, 2.05) is 13.8 Å². The fraction of sp³-hybridized carbons (Fsp3) is 0.636. The molecular weight excluding hydrogens is 283 g/mol. The monoisotopic (exact) mass is 295 g/mol. The maximum Gasteiger partial charge on any atom is 0.433 e. The van der Waals surface area contributed by atoms with Crippen molar-refractivity contribution >= 4 is 17.4 Å². The molecule has 1 aromatic heterocycles. The van der Waals surface area contributed by atoms with Crippen LogP contribution in [0.15, 0.2) is 6.07 Å². The average Bonchev–Trinajstić information content (AvgIpc) is 2.56. The topological polar surface area (TPSA) is 47.0 Å². The predicted molar refractivity (Wildman–Crippen MR) is 64.1 cm³/mol. The van der Waals surface area contributed by atoms with Gasteiger partial charge in [-0.1, -0.05) is 0 Å². The number of nitrogens with one attached hydrogen (secondary N) is 1. The highest BCUT2D eigenvalue weighted by Crippen LogP contribution is 2.32. The van der Waals surface area contributed by atoms with Crippen LogP contribution in [0.5, 0.6) is 0 Å². The van der Waals surface area contributed by atoms with Gasteiger partial charge in [-0.25, -0.2) is 9.97 Å². The van der Waals surface area contributed by atoms with Crippen molar-refractivity contribution < 1.29 is 17.9 Å². The minimum absolute atomic E-state index is 0.0483. The van der Waals surface area contributed by atoms with Crippen molar-refractivity contribution in [1.29, 1.82) is 0 Å². The third-order valence-corrected chi connectivity index (χ3v) is 3.46. The highest BCUT2D eigenvalue weighted by atomic mass is 35.5. The molecule has 1 aliphatic rings. The van der Waals surface area contributed by atoms with E-state index in [-0.39, 0.29) is 11.9 Å². The maximum atomic E-state index is 12.6. The minimum Gasteiger partial charge on any atom is -0.376 e. The number of anilines is 1. The van der Waals surface area contributed by atoms with E-state index in [2.05, 4.69) is 15.3 Å².